The van der Waals surface area contributed by atoms with Gasteiger partial charge in [-0.2, -0.15) is 10.2 Å². The van der Waals surface area contributed by atoms with Crippen LogP contribution in [-0.4, -0.2) is 31.4 Å². The molecule has 1 aromatic carbocycles. The Morgan fingerprint density at radius 2 is 1.79 bits per heavy atom. The molecule has 0 saturated carbocycles. The standard InChI is InChI=1S/C23H23BrN6O3/c1-4-29-13-18(21(28-29)23(32)25-16-8-6-5-7-9-16)26-22(31)19-11-10-17(33-19)12-30-15(3)20(24)14(2)27-30/h5-11,13H,4,12H2,1-3H3,(H,25,32)(H,26,31). The van der Waals surface area contributed by atoms with Gasteiger partial charge in [-0.05, 0) is 61.0 Å². The molecule has 4 aromatic rings. The van der Waals surface area contributed by atoms with Crippen LogP contribution in [0.3, 0.4) is 0 Å². The molecule has 9 nitrogen and oxygen atoms in total. The zero-order valence-corrected chi connectivity index (χ0v) is 20.0. The lowest BCUT2D eigenvalue weighted by atomic mass is 10.3. The van der Waals surface area contributed by atoms with E-state index in [-0.39, 0.29) is 11.5 Å². The second kappa shape index (κ2) is 9.45. The molecule has 0 atom stereocenters. The van der Waals surface area contributed by atoms with Gasteiger partial charge in [-0.15, -0.1) is 0 Å². The summed E-state index contributed by atoms with van der Waals surface area (Å²) < 4.78 is 10.1. The number of carbonyl (C=O) groups is 2. The van der Waals surface area contributed by atoms with E-state index in [1.54, 1.807) is 39.8 Å². The largest absolute Gasteiger partial charge is 0.454 e. The summed E-state index contributed by atoms with van der Waals surface area (Å²) in [5.41, 5.74) is 2.91. The van der Waals surface area contributed by atoms with Gasteiger partial charge in [0.2, 0.25) is 0 Å². The van der Waals surface area contributed by atoms with E-state index < -0.39 is 11.8 Å². The predicted octanol–water partition coefficient (Wildman–Crippen LogP) is 4.62. The van der Waals surface area contributed by atoms with Crippen molar-refractivity contribution in [2.24, 2.45) is 0 Å². The summed E-state index contributed by atoms with van der Waals surface area (Å²) in [5.74, 6) is -0.173. The van der Waals surface area contributed by atoms with Crippen LogP contribution in [0.25, 0.3) is 0 Å². The number of para-hydroxylation sites is 1. The molecule has 0 bridgehead atoms. The van der Waals surface area contributed by atoms with E-state index in [1.807, 2.05) is 39.0 Å². The van der Waals surface area contributed by atoms with Gasteiger partial charge in [0.1, 0.15) is 5.76 Å². The highest BCUT2D eigenvalue weighted by Crippen LogP contribution is 2.22. The monoisotopic (exact) mass is 510 g/mol. The number of anilines is 2. The highest BCUT2D eigenvalue weighted by molar-refractivity contribution is 9.10. The topological polar surface area (TPSA) is 107 Å². The first kappa shape index (κ1) is 22.5. The molecule has 0 aliphatic rings. The molecule has 2 amide bonds. The maximum Gasteiger partial charge on any atom is 0.291 e. The molecule has 0 spiro atoms. The van der Waals surface area contributed by atoms with E-state index in [2.05, 4.69) is 36.8 Å². The molecule has 0 fully saturated rings. The van der Waals surface area contributed by atoms with Crippen LogP contribution < -0.4 is 10.6 Å². The number of halogens is 1. The molecular formula is C23H23BrN6O3. The minimum Gasteiger partial charge on any atom is -0.454 e. The third-order valence-corrected chi connectivity index (χ3v) is 6.21. The first-order chi connectivity index (χ1) is 15.9. The van der Waals surface area contributed by atoms with E-state index in [0.29, 0.717) is 30.2 Å². The average Bonchev–Trinajstić information content (AvgIpc) is 3.50. The first-order valence-electron chi connectivity index (χ1n) is 10.4. The third kappa shape index (κ3) is 4.90. The molecule has 170 valence electrons. The van der Waals surface area contributed by atoms with Gasteiger partial charge in [0, 0.05) is 18.4 Å². The quantitative estimate of drug-likeness (QED) is 0.377. The van der Waals surface area contributed by atoms with Crippen molar-refractivity contribution < 1.29 is 14.0 Å². The Hall–Kier alpha value is -3.66. The first-order valence-corrected chi connectivity index (χ1v) is 11.2. The van der Waals surface area contributed by atoms with Crippen molar-refractivity contribution in [1.82, 2.24) is 19.6 Å². The minimum absolute atomic E-state index is 0.119. The van der Waals surface area contributed by atoms with Crippen LogP contribution in [0.1, 0.15) is 45.1 Å². The fourth-order valence-corrected chi connectivity index (χ4v) is 3.58. The summed E-state index contributed by atoms with van der Waals surface area (Å²) in [6, 6.07) is 12.4. The third-order valence-electron chi connectivity index (χ3n) is 5.06. The summed E-state index contributed by atoms with van der Waals surface area (Å²) in [4.78, 5) is 25.6. The Balaban J connectivity index is 1.50. The number of hydrogen-bond donors (Lipinski definition) is 2. The second-order valence-corrected chi connectivity index (χ2v) is 8.22. The molecule has 10 heteroatoms. The number of benzene rings is 1. The number of aromatic nitrogens is 4. The van der Waals surface area contributed by atoms with Crippen LogP contribution in [0.4, 0.5) is 11.4 Å². The number of hydrogen-bond acceptors (Lipinski definition) is 5. The molecule has 0 aliphatic carbocycles. The Kier molecular flexibility index (Phi) is 6.45. The molecule has 0 radical (unpaired) electrons. The lowest BCUT2D eigenvalue weighted by molar-refractivity contribution is 0.0994. The number of amides is 2. The van der Waals surface area contributed by atoms with Crippen molar-refractivity contribution in [1.29, 1.82) is 0 Å². The van der Waals surface area contributed by atoms with Crippen molar-refractivity contribution >= 4 is 39.1 Å². The van der Waals surface area contributed by atoms with Crippen molar-refractivity contribution in [3.05, 3.63) is 81.7 Å². The Morgan fingerprint density at radius 3 is 2.45 bits per heavy atom. The van der Waals surface area contributed by atoms with Gasteiger partial charge >= 0.3 is 0 Å². The van der Waals surface area contributed by atoms with Gasteiger partial charge in [0.05, 0.1) is 28.1 Å². The Morgan fingerprint density at radius 1 is 1.03 bits per heavy atom. The summed E-state index contributed by atoms with van der Waals surface area (Å²) in [6.07, 6.45) is 1.62. The van der Waals surface area contributed by atoms with Crippen molar-refractivity contribution in [2.45, 2.75) is 33.9 Å². The molecule has 4 rings (SSSR count). The summed E-state index contributed by atoms with van der Waals surface area (Å²) in [5, 5.41) is 14.3. The smallest absolute Gasteiger partial charge is 0.291 e. The van der Waals surface area contributed by atoms with Crippen molar-refractivity contribution in [3.8, 4) is 0 Å². The Labute approximate surface area is 198 Å². The zero-order chi connectivity index (χ0) is 23.5. The van der Waals surface area contributed by atoms with E-state index in [4.69, 9.17) is 4.42 Å². The van der Waals surface area contributed by atoms with Crippen LogP contribution >= 0.6 is 15.9 Å². The van der Waals surface area contributed by atoms with Crippen LogP contribution in [0.5, 0.6) is 0 Å². The molecule has 0 saturated heterocycles. The van der Waals surface area contributed by atoms with Crippen LogP contribution in [0, 0.1) is 13.8 Å². The molecular weight excluding hydrogens is 488 g/mol. The summed E-state index contributed by atoms with van der Waals surface area (Å²) in [6.45, 7) is 6.70. The van der Waals surface area contributed by atoms with Crippen LogP contribution in [-0.2, 0) is 13.1 Å². The van der Waals surface area contributed by atoms with E-state index in [1.165, 1.54) is 0 Å². The van der Waals surface area contributed by atoms with Gasteiger partial charge in [-0.3, -0.25) is 19.0 Å². The van der Waals surface area contributed by atoms with Gasteiger partial charge in [-0.25, -0.2) is 0 Å². The highest BCUT2D eigenvalue weighted by atomic mass is 79.9. The molecule has 0 aliphatic heterocycles. The Bertz CT molecular complexity index is 1310. The molecule has 2 N–H and O–H groups in total. The van der Waals surface area contributed by atoms with E-state index in [9.17, 15) is 9.59 Å². The fourth-order valence-electron chi connectivity index (χ4n) is 3.30. The maximum atomic E-state index is 12.8. The predicted molar refractivity (Wildman–Crippen MR) is 127 cm³/mol. The summed E-state index contributed by atoms with van der Waals surface area (Å²) in [7, 11) is 0. The summed E-state index contributed by atoms with van der Waals surface area (Å²) >= 11 is 3.51. The minimum atomic E-state index is -0.472. The molecule has 3 aromatic heterocycles. The van der Waals surface area contributed by atoms with Gasteiger partial charge in [0.25, 0.3) is 11.8 Å². The molecule has 33 heavy (non-hydrogen) atoms. The average molecular weight is 511 g/mol. The van der Waals surface area contributed by atoms with Crippen LogP contribution in [0.15, 0.2) is 57.6 Å². The SMILES string of the molecule is CCn1cc(NC(=O)c2ccc(Cn3nc(C)c(Br)c3C)o2)c(C(=O)Nc2ccccc2)n1. The lowest BCUT2D eigenvalue weighted by Crippen LogP contribution is -2.17. The van der Waals surface area contributed by atoms with Gasteiger partial charge in [-0.1, -0.05) is 18.2 Å². The zero-order valence-electron chi connectivity index (χ0n) is 18.4. The lowest BCUT2D eigenvalue weighted by Gasteiger charge is -2.06. The van der Waals surface area contributed by atoms with E-state index in [0.717, 1.165) is 15.9 Å². The highest BCUT2D eigenvalue weighted by Gasteiger charge is 2.21. The number of nitrogens with zero attached hydrogens (tertiary/aromatic N) is 4. The van der Waals surface area contributed by atoms with Gasteiger partial charge in [0.15, 0.2) is 11.5 Å². The molecule has 3 heterocycles. The number of aryl methyl sites for hydroxylation is 2. The van der Waals surface area contributed by atoms with E-state index >= 15 is 0 Å². The second-order valence-electron chi connectivity index (χ2n) is 7.43. The number of carbonyl (C=O) groups excluding carboxylic acids is 2. The normalized spacial score (nSPS) is 10.9. The number of nitrogens with one attached hydrogen (secondary N) is 2. The van der Waals surface area contributed by atoms with Crippen molar-refractivity contribution in [2.75, 3.05) is 10.6 Å². The van der Waals surface area contributed by atoms with Crippen molar-refractivity contribution in [3.63, 3.8) is 0 Å². The molecule has 0 unspecified atom stereocenters. The maximum absolute atomic E-state index is 12.8. The van der Waals surface area contributed by atoms with Gasteiger partial charge < -0.3 is 15.1 Å². The number of rotatable bonds is 7. The van der Waals surface area contributed by atoms with Crippen LogP contribution in [0.2, 0.25) is 0 Å². The number of furan rings is 1. The fraction of sp³-hybridized carbons (Fsp3) is 0.217.